The number of fused-ring (bicyclic) bond motifs is 1. The quantitative estimate of drug-likeness (QED) is 0.288. The predicted octanol–water partition coefficient (Wildman–Crippen LogP) is 5.69. The number of halogens is 1. The lowest BCUT2D eigenvalue weighted by molar-refractivity contribution is 0.0921. The van der Waals surface area contributed by atoms with E-state index in [0.29, 0.717) is 33.2 Å². The van der Waals surface area contributed by atoms with Crippen molar-refractivity contribution in [1.82, 2.24) is 0 Å². The summed E-state index contributed by atoms with van der Waals surface area (Å²) in [5.74, 6) is 0.973. The molecule has 1 heterocycles. The van der Waals surface area contributed by atoms with Gasteiger partial charge >= 0.3 is 5.63 Å². The minimum atomic E-state index is -0.440. The molecule has 31 heavy (non-hydrogen) atoms. The van der Waals surface area contributed by atoms with Crippen LogP contribution in [0.4, 0.5) is 0 Å². The van der Waals surface area contributed by atoms with Gasteiger partial charge in [-0.25, -0.2) is 4.79 Å². The maximum atomic E-state index is 12.7. The Morgan fingerprint density at radius 3 is 2.32 bits per heavy atom. The highest BCUT2D eigenvalue weighted by atomic mass is 35.5. The van der Waals surface area contributed by atoms with Crippen LogP contribution in [-0.4, -0.2) is 19.5 Å². The standard InChI is InChI=1S/C25H19ClO5/c1-15-21-12-11-20(30-14-22(27)16-3-7-18(26)8-4-16)13-23(21)31-25(28)24(15)17-5-9-19(29-2)10-6-17/h3-13H,14H2,1-2H3. The van der Waals surface area contributed by atoms with Crippen LogP contribution in [0.2, 0.25) is 5.02 Å². The number of methoxy groups -OCH3 is 1. The first-order chi connectivity index (χ1) is 15.0. The van der Waals surface area contributed by atoms with E-state index in [0.717, 1.165) is 16.5 Å². The summed E-state index contributed by atoms with van der Waals surface area (Å²) in [6.07, 6.45) is 0. The van der Waals surface area contributed by atoms with Crippen LogP contribution in [0, 0.1) is 6.92 Å². The van der Waals surface area contributed by atoms with Crippen LogP contribution in [-0.2, 0) is 0 Å². The van der Waals surface area contributed by atoms with Crippen molar-refractivity contribution in [3.05, 3.63) is 93.3 Å². The summed E-state index contributed by atoms with van der Waals surface area (Å²) in [7, 11) is 1.59. The fourth-order valence-corrected chi connectivity index (χ4v) is 3.51. The molecule has 0 unspecified atom stereocenters. The van der Waals surface area contributed by atoms with Gasteiger partial charge in [-0.15, -0.1) is 0 Å². The predicted molar refractivity (Wildman–Crippen MR) is 120 cm³/mol. The molecule has 0 saturated carbocycles. The van der Waals surface area contributed by atoms with Gasteiger partial charge in [0.1, 0.15) is 17.1 Å². The van der Waals surface area contributed by atoms with Crippen LogP contribution in [0.5, 0.6) is 11.5 Å². The fourth-order valence-electron chi connectivity index (χ4n) is 3.39. The average Bonchev–Trinajstić information content (AvgIpc) is 2.78. The lowest BCUT2D eigenvalue weighted by atomic mass is 9.99. The molecule has 6 heteroatoms. The number of carbonyl (C=O) groups excluding carboxylic acids is 1. The largest absolute Gasteiger partial charge is 0.497 e. The molecule has 0 N–H and O–H groups in total. The molecule has 0 bridgehead atoms. The molecule has 4 aromatic rings. The van der Waals surface area contributed by atoms with E-state index >= 15 is 0 Å². The molecule has 0 saturated heterocycles. The Morgan fingerprint density at radius 1 is 0.968 bits per heavy atom. The molecule has 0 atom stereocenters. The molecule has 0 spiro atoms. The summed E-state index contributed by atoms with van der Waals surface area (Å²) < 4.78 is 16.4. The second-order valence-corrected chi connectivity index (χ2v) is 7.43. The Kier molecular flexibility index (Phi) is 5.78. The summed E-state index contributed by atoms with van der Waals surface area (Å²) in [5, 5.41) is 1.35. The normalized spacial score (nSPS) is 10.8. The third kappa shape index (κ3) is 4.32. The molecule has 1 aromatic heterocycles. The number of ketones is 1. The van der Waals surface area contributed by atoms with E-state index < -0.39 is 5.63 Å². The number of Topliss-reactive ketones (excluding diaryl/α,β-unsaturated/α-hetero) is 1. The van der Waals surface area contributed by atoms with Crippen LogP contribution < -0.4 is 15.1 Å². The summed E-state index contributed by atoms with van der Waals surface area (Å²) in [5.41, 5.74) is 2.53. The van der Waals surface area contributed by atoms with Gasteiger partial charge < -0.3 is 13.9 Å². The summed E-state index contributed by atoms with van der Waals surface area (Å²) >= 11 is 5.85. The van der Waals surface area contributed by atoms with E-state index in [9.17, 15) is 9.59 Å². The minimum absolute atomic E-state index is 0.139. The Hall–Kier alpha value is -3.57. The van der Waals surface area contributed by atoms with E-state index in [1.54, 1.807) is 55.6 Å². The lowest BCUT2D eigenvalue weighted by Crippen LogP contribution is -2.11. The highest BCUT2D eigenvalue weighted by Crippen LogP contribution is 2.30. The fraction of sp³-hybridized carbons (Fsp3) is 0.120. The first-order valence-corrected chi connectivity index (χ1v) is 9.97. The topological polar surface area (TPSA) is 65.7 Å². The number of carbonyl (C=O) groups is 1. The molecule has 5 nitrogen and oxygen atoms in total. The molecule has 0 aliphatic rings. The Balaban J connectivity index is 1.60. The Labute approximate surface area is 183 Å². The minimum Gasteiger partial charge on any atom is -0.497 e. The second kappa shape index (κ2) is 8.66. The van der Waals surface area contributed by atoms with Crippen molar-refractivity contribution in [2.24, 2.45) is 0 Å². The Morgan fingerprint density at radius 2 is 1.65 bits per heavy atom. The van der Waals surface area contributed by atoms with E-state index in [-0.39, 0.29) is 12.4 Å². The number of hydrogen-bond acceptors (Lipinski definition) is 5. The van der Waals surface area contributed by atoms with Gasteiger partial charge in [-0.3, -0.25) is 4.79 Å². The number of aryl methyl sites for hydroxylation is 1. The van der Waals surface area contributed by atoms with Crippen molar-refractivity contribution in [3.8, 4) is 22.6 Å². The summed E-state index contributed by atoms with van der Waals surface area (Å²) in [6, 6.07) is 19.1. The zero-order valence-corrected chi connectivity index (χ0v) is 17.7. The van der Waals surface area contributed by atoms with E-state index in [2.05, 4.69) is 0 Å². The third-order valence-corrected chi connectivity index (χ3v) is 5.31. The van der Waals surface area contributed by atoms with Crippen LogP contribution in [0.15, 0.2) is 75.9 Å². The first kappa shape index (κ1) is 20.7. The molecule has 0 amide bonds. The van der Waals surface area contributed by atoms with Gasteiger partial charge in [0.05, 0.1) is 12.7 Å². The van der Waals surface area contributed by atoms with Crippen molar-refractivity contribution in [1.29, 1.82) is 0 Å². The molecule has 4 rings (SSSR count). The molecule has 3 aromatic carbocycles. The van der Waals surface area contributed by atoms with E-state index in [1.165, 1.54) is 0 Å². The Bertz CT molecular complexity index is 1310. The van der Waals surface area contributed by atoms with Gasteiger partial charge in [0, 0.05) is 22.0 Å². The third-order valence-electron chi connectivity index (χ3n) is 5.05. The molecule has 0 aliphatic heterocycles. The monoisotopic (exact) mass is 434 g/mol. The van der Waals surface area contributed by atoms with Crippen molar-refractivity contribution in [3.63, 3.8) is 0 Å². The zero-order chi connectivity index (χ0) is 22.0. The number of ether oxygens (including phenoxy) is 2. The number of rotatable bonds is 6. The van der Waals surface area contributed by atoms with Crippen molar-refractivity contribution in [2.45, 2.75) is 6.92 Å². The smallest absolute Gasteiger partial charge is 0.344 e. The van der Waals surface area contributed by atoms with Gasteiger partial charge in [-0.1, -0.05) is 23.7 Å². The highest BCUT2D eigenvalue weighted by molar-refractivity contribution is 6.30. The molecule has 0 fully saturated rings. The SMILES string of the molecule is COc1ccc(-c2c(C)c3ccc(OCC(=O)c4ccc(Cl)cc4)cc3oc2=O)cc1. The number of hydrogen-bond donors (Lipinski definition) is 0. The van der Waals surface area contributed by atoms with Crippen molar-refractivity contribution >= 4 is 28.4 Å². The maximum Gasteiger partial charge on any atom is 0.344 e. The zero-order valence-electron chi connectivity index (χ0n) is 17.0. The van der Waals surface area contributed by atoms with Crippen LogP contribution >= 0.6 is 11.6 Å². The van der Waals surface area contributed by atoms with Gasteiger partial charge in [0.15, 0.2) is 12.4 Å². The molecular weight excluding hydrogens is 416 g/mol. The van der Waals surface area contributed by atoms with Crippen LogP contribution in [0.25, 0.3) is 22.1 Å². The maximum absolute atomic E-state index is 12.7. The van der Waals surface area contributed by atoms with Crippen molar-refractivity contribution < 1.29 is 18.7 Å². The molecule has 0 radical (unpaired) electrons. The van der Waals surface area contributed by atoms with E-state index in [1.807, 2.05) is 25.1 Å². The summed E-state index contributed by atoms with van der Waals surface area (Å²) in [4.78, 5) is 25.0. The average molecular weight is 435 g/mol. The van der Waals surface area contributed by atoms with Gasteiger partial charge in [-0.2, -0.15) is 0 Å². The highest BCUT2D eigenvalue weighted by Gasteiger charge is 2.15. The number of benzene rings is 3. The van der Waals surface area contributed by atoms with Crippen LogP contribution in [0.3, 0.4) is 0 Å². The summed E-state index contributed by atoms with van der Waals surface area (Å²) in [6.45, 7) is 1.74. The van der Waals surface area contributed by atoms with Crippen LogP contribution in [0.1, 0.15) is 15.9 Å². The second-order valence-electron chi connectivity index (χ2n) is 6.99. The molecule has 156 valence electrons. The molecular formula is C25H19ClO5. The first-order valence-electron chi connectivity index (χ1n) is 9.59. The van der Waals surface area contributed by atoms with Gasteiger partial charge in [0.25, 0.3) is 0 Å². The van der Waals surface area contributed by atoms with Gasteiger partial charge in [-0.05, 0) is 66.6 Å². The van der Waals surface area contributed by atoms with E-state index in [4.69, 9.17) is 25.5 Å². The van der Waals surface area contributed by atoms with Crippen molar-refractivity contribution in [2.75, 3.05) is 13.7 Å². The lowest BCUT2D eigenvalue weighted by Gasteiger charge is -2.10. The molecule has 0 aliphatic carbocycles. The van der Waals surface area contributed by atoms with Gasteiger partial charge in [0.2, 0.25) is 0 Å².